The van der Waals surface area contributed by atoms with E-state index >= 15 is 0 Å². The lowest BCUT2D eigenvalue weighted by Gasteiger charge is -2.24. The molecule has 5 nitrogen and oxygen atoms in total. The van der Waals surface area contributed by atoms with E-state index in [1.165, 1.54) is 17.5 Å². The molecule has 1 aliphatic rings. The predicted molar refractivity (Wildman–Crippen MR) is 98.0 cm³/mol. The maximum Gasteiger partial charge on any atom is 0.220 e. The first-order chi connectivity index (χ1) is 12.2. The number of hydrogen-bond acceptors (Lipinski definition) is 4. The van der Waals surface area contributed by atoms with Gasteiger partial charge in [-0.2, -0.15) is 0 Å². The Morgan fingerprint density at radius 1 is 1.36 bits per heavy atom. The van der Waals surface area contributed by atoms with Crippen LogP contribution >= 0.6 is 0 Å². The molecule has 1 atom stereocenters. The number of carbonyl (C=O) groups is 1. The van der Waals surface area contributed by atoms with Crippen LogP contribution in [0, 0.1) is 6.92 Å². The molecular formula is C20H26N4O. The Morgan fingerprint density at radius 3 is 3.00 bits per heavy atom. The van der Waals surface area contributed by atoms with Crippen LogP contribution in [0.4, 0.5) is 0 Å². The average Bonchev–Trinajstić information content (AvgIpc) is 3.08. The molecule has 5 heteroatoms. The molecule has 1 fully saturated rings. The molecule has 0 aromatic carbocycles. The monoisotopic (exact) mass is 338 g/mol. The van der Waals surface area contributed by atoms with Crippen LogP contribution in [0.15, 0.2) is 36.7 Å². The molecule has 1 saturated heterocycles. The lowest BCUT2D eigenvalue weighted by Crippen LogP contribution is -2.24. The second-order valence-corrected chi connectivity index (χ2v) is 6.70. The summed E-state index contributed by atoms with van der Waals surface area (Å²) >= 11 is 0. The zero-order valence-electron chi connectivity index (χ0n) is 15.0. The molecule has 132 valence electrons. The third kappa shape index (κ3) is 4.63. The lowest BCUT2D eigenvalue weighted by atomic mass is 10.0. The molecule has 0 saturated carbocycles. The summed E-state index contributed by atoms with van der Waals surface area (Å²) in [5.41, 5.74) is 4.59. The van der Waals surface area contributed by atoms with E-state index in [4.69, 9.17) is 4.98 Å². The standard InChI is InChI=1S/C20H26N4O/c1-15-11-16(7-8-20(25)21-2)12-18(23-15)19-6-4-10-24(19)14-17-5-3-9-22-13-17/h3,5,9,11-13,19H,4,6-8,10,14H2,1-2H3,(H,21,25)/t19-/m0/s1. The highest BCUT2D eigenvalue weighted by Gasteiger charge is 2.27. The molecular weight excluding hydrogens is 312 g/mol. The van der Waals surface area contributed by atoms with E-state index in [0.717, 1.165) is 37.3 Å². The molecule has 2 aromatic heterocycles. The van der Waals surface area contributed by atoms with E-state index in [1.807, 2.05) is 25.4 Å². The molecule has 0 bridgehead atoms. The van der Waals surface area contributed by atoms with Gasteiger partial charge in [-0.1, -0.05) is 6.07 Å². The summed E-state index contributed by atoms with van der Waals surface area (Å²) in [7, 11) is 1.68. The summed E-state index contributed by atoms with van der Waals surface area (Å²) in [4.78, 5) is 23.0. The third-order valence-corrected chi connectivity index (χ3v) is 4.77. The maximum absolute atomic E-state index is 11.5. The third-order valence-electron chi connectivity index (χ3n) is 4.77. The molecule has 0 spiro atoms. The highest BCUT2D eigenvalue weighted by Crippen LogP contribution is 2.32. The molecule has 0 radical (unpaired) electrons. The Hall–Kier alpha value is -2.27. The van der Waals surface area contributed by atoms with Gasteiger partial charge >= 0.3 is 0 Å². The van der Waals surface area contributed by atoms with Gasteiger partial charge < -0.3 is 5.32 Å². The highest BCUT2D eigenvalue weighted by molar-refractivity contribution is 5.75. The van der Waals surface area contributed by atoms with Crippen molar-refractivity contribution in [1.29, 1.82) is 0 Å². The smallest absolute Gasteiger partial charge is 0.220 e. The minimum atomic E-state index is 0.0788. The molecule has 0 aliphatic carbocycles. The normalized spacial score (nSPS) is 17.6. The topological polar surface area (TPSA) is 58.1 Å². The van der Waals surface area contributed by atoms with Crippen LogP contribution in [0.1, 0.15) is 47.8 Å². The van der Waals surface area contributed by atoms with Crippen LogP contribution in [-0.4, -0.2) is 34.4 Å². The summed E-state index contributed by atoms with van der Waals surface area (Å²) in [6.07, 6.45) is 7.34. The van der Waals surface area contributed by atoms with Gasteiger partial charge in [0, 0.05) is 38.1 Å². The summed E-state index contributed by atoms with van der Waals surface area (Å²) in [6.45, 7) is 4.03. The minimum Gasteiger partial charge on any atom is -0.359 e. The summed E-state index contributed by atoms with van der Waals surface area (Å²) in [5, 5.41) is 2.69. The van der Waals surface area contributed by atoms with Crippen molar-refractivity contribution >= 4 is 5.91 Å². The van der Waals surface area contributed by atoms with Crippen molar-refractivity contribution < 1.29 is 4.79 Å². The van der Waals surface area contributed by atoms with Crippen molar-refractivity contribution in [1.82, 2.24) is 20.2 Å². The molecule has 3 heterocycles. The number of hydrogen-bond donors (Lipinski definition) is 1. The van der Waals surface area contributed by atoms with Crippen LogP contribution in [0.2, 0.25) is 0 Å². The summed E-state index contributed by atoms with van der Waals surface area (Å²) in [6, 6.07) is 8.73. The van der Waals surface area contributed by atoms with Crippen molar-refractivity contribution in [2.45, 2.75) is 45.2 Å². The predicted octanol–water partition coefficient (Wildman–Crippen LogP) is 2.80. The number of nitrogens with one attached hydrogen (secondary N) is 1. The number of likely N-dealkylation sites (tertiary alicyclic amines) is 1. The quantitative estimate of drug-likeness (QED) is 0.880. The first kappa shape index (κ1) is 17.5. The van der Waals surface area contributed by atoms with Gasteiger partial charge in [-0.15, -0.1) is 0 Å². The Kier molecular flexibility index (Phi) is 5.76. The summed E-state index contributed by atoms with van der Waals surface area (Å²) in [5.74, 6) is 0.0788. The second-order valence-electron chi connectivity index (χ2n) is 6.70. The number of pyridine rings is 2. The van der Waals surface area contributed by atoms with E-state index in [2.05, 4.69) is 33.4 Å². The highest BCUT2D eigenvalue weighted by atomic mass is 16.1. The van der Waals surface area contributed by atoms with Gasteiger partial charge in [0.1, 0.15) is 0 Å². The lowest BCUT2D eigenvalue weighted by molar-refractivity contribution is -0.120. The molecule has 3 rings (SSSR count). The SMILES string of the molecule is CNC(=O)CCc1cc(C)nc([C@@H]2CCCN2Cc2cccnc2)c1. The fourth-order valence-electron chi connectivity index (χ4n) is 3.54. The Bertz CT molecular complexity index is 717. The molecule has 0 unspecified atom stereocenters. The van der Waals surface area contributed by atoms with Crippen LogP contribution in [-0.2, 0) is 17.8 Å². The van der Waals surface area contributed by atoms with Crippen molar-refractivity contribution in [2.24, 2.45) is 0 Å². The van der Waals surface area contributed by atoms with Crippen molar-refractivity contribution in [3.8, 4) is 0 Å². The van der Waals surface area contributed by atoms with E-state index in [-0.39, 0.29) is 5.91 Å². The number of nitrogens with zero attached hydrogens (tertiary/aromatic N) is 3. The molecule has 2 aromatic rings. The van der Waals surface area contributed by atoms with Gasteiger partial charge in [0.05, 0.1) is 11.7 Å². The fraction of sp³-hybridized carbons (Fsp3) is 0.450. The minimum absolute atomic E-state index is 0.0788. The molecule has 25 heavy (non-hydrogen) atoms. The summed E-state index contributed by atoms with van der Waals surface area (Å²) < 4.78 is 0. The maximum atomic E-state index is 11.5. The molecule has 1 aliphatic heterocycles. The van der Waals surface area contributed by atoms with Crippen LogP contribution in [0.25, 0.3) is 0 Å². The van der Waals surface area contributed by atoms with Gasteiger partial charge in [0.2, 0.25) is 5.91 Å². The van der Waals surface area contributed by atoms with Gasteiger partial charge in [-0.25, -0.2) is 0 Å². The average molecular weight is 338 g/mol. The number of rotatable bonds is 6. The Balaban J connectivity index is 1.75. The van der Waals surface area contributed by atoms with Crippen molar-refractivity contribution in [2.75, 3.05) is 13.6 Å². The van der Waals surface area contributed by atoms with E-state index in [0.29, 0.717) is 12.5 Å². The molecule has 1 amide bonds. The van der Waals surface area contributed by atoms with Gasteiger partial charge in [0.25, 0.3) is 0 Å². The van der Waals surface area contributed by atoms with Crippen LogP contribution in [0.3, 0.4) is 0 Å². The van der Waals surface area contributed by atoms with Crippen molar-refractivity contribution in [3.05, 3.63) is 59.2 Å². The second kappa shape index (κ2) is 8.21. The first-order valence-electron chi connectivity index (χ1n) is 8.96. The number of carbonyl (C=O) groups excluding carboxylic acids is 1. The number of aromatic nitrogens is 2. The zero-order chi connectivity index (χ0) is 17.6. The number of aryl methyl sites for hydroxylation is 2. The fourth-order valence-corrected chi connectivity index (χ4v) is 3.54. The molecule has 1 N–H and O–H groups in total. The number of amides is 1. The largest absolute Gasteiger partial charge is 0.359 e. The Labute approximate surface area is 149 Å². The zero-order valence-corrected chi connectivity index (χ0v) is 15.0. The van der Waals surface area contributed by atoms with Gasteiger partial charge in [-0.3, -0.25) is 19.7 Å². The van der Waals surface area contributed by atoms with Crippen molar-refractivity contribution in [3.63, 3.8) is 0 Å². The van der Waals surface area contributed by atoms with E-state index < -0.39 is 0 Å². The van der Waals surface area contributed by atoms with Gasteiger partial charge in [-0.05, 0) is 62.1 Å². The van der Waals surface area contributed by atoms with E-state index in [1.54, 1.807) is 7.05 Å². The Morgan fingerprint density at radius 2 is 2.24 bits per heavy atom. The first-order valence-corrected chi connectivity index (χ1v) is 8.96. The van der Waals surface area contributed by atoms with Crippen LogP contribution < -0.4 is 5.32 Å². The van der Waals surface area contributed by atoms with Crippen LogP contribution in [0.5, 0.6) is 0 Å². The van der Waals surface area contributed by atoms with E-state index in [9.17, 15) is 4.79 Å². The van der Waals surface area contributed by atoms with Gasteiger partial charge in [0.15, 0.2) is 0 Å².